The minimum atomic E-state index is -1.87. The highest BCUT2D eigenvalue weighted by Crippen LogP contribution is 2.32. The zero-order chi connectivity index (χ0) is 32.3. The number of esters is 1. The van der Waals surface area contributed by atoms with Gasteiger partial charge in [0, 0.05) is 20.1 Å². The Morgan fingerprint density at radius 3 is 2.55 bits per heavy atom. The molecule has 4 heterocycles. The highest BCUT2D eigenvalue weighted by molar-refractivity contribution is 6.01. The van der Waals surface area contributed by atoms with Crippen molar-refractivity contribution in [3.63, 3.8) is 0 Å². The lowest BCUT2D eigenvalue weighted by molar-refractivity contribution is -0.536. The van der Waals surface area contributed by atoms with E-state index in [0.29, 0.717) is 12.8 Å². The van der Waals surface area contributed by atoms with Gasteiger partial charge in [-0.3, -0.25) is 19.2 Å². The van der Waals surface area contributed by atoms with Crippen molar-refractivity contribution in [1.82, 2.24) is 16.0 Å². The van der Waals surface area contributed by atoms with Crippen molar-refractivity contribution in [1.29, 1.82) is 0 Å². The second-order valence-corrected chi connectivity index (χ2v) is 10.7. The van der Waals surface area contributed by atoms with E-state index in [1.54, 1.807) is 0 Å². The van der Waals surface area contributed by atoms with Gasteiger partial charge in [0.05, 0.1) is 6.21 Å². The van der Waals surface area contributed by atoms with Crippen molar-refractivity contribution in [3.8, 4) is 0 Å². The van der Waals surface area contributed by atoms with Crippen LogP contribution in [-0.4, -0.2) is 125 Å². The number of nitrogens with one attached hydrogen (secondary N) is 3. The van der Waals surface area contributed by atoms with Gasteiger partial charge in [0.1, 0.15) is 36.9 Å². The number of aliphatic hydroxyl groups is 2. The SMILES string of the molecule is CO[C@H]1[C@@H](OC(C)=O)[C@H]([N+]2=CCC(=O)NC2=O)O[C@@H]1[C@@H](O[C@H]1OC(C(=O)N[C@H]2CCC[C@@H](C)NC2=O)=C[C@H](O)[C@@H]1O)C(N)=O. The van der Waals surface area contributed by atoms with E-state index in [-0.39, 0.29) is 12.5 Å². The molecule has 4 aliphatic heterocycles. The van der Waals surface area contributed by atoms with Crippen molar-refractivity contribution >= 4 is 41.8 Å². The van der Waals surface area contributed by atoms with E-state index < -0.39 is 96.6 Å². The number of amides is 6. The lowest BCUT2D eigenvalue weighted by Gasteiger charge is -2.35. The van der Waals surface area contributed by atoms with Gasteiger partial charge in [0.25, 0.3) is 5.91 Å². The Bertz CT molecular complexity index is 1250. The topological polar surface area (TPSA) is 254 Å². The lowest BCUT2D eigenvalue weighted by atomic mass is 10.0. The second-order valence-electron chi connectivity index (χ2n) is 10.7. The number of methoxy groups -OCH3 is 1. The summed E-state index contributed by atoms with van der Waals surface area (Å²) >= 11 is 0. The molecule has 44 heavy (non-hydrogen) atoms. The average molecular weight is 627 g/mol. The zero-order valence-electron chi connectivity index (χ0n) is 24.2. The summed E-state index contributed by atoms with van der Waals surface area (Å²) in [7, 11) is 1.20. The highest BCUT2D eigenvalue weighted by Gasteiger charge is 2.57. The van der Waals surface area contributed by atoms with Crippen LogP contribution in [0.15, 0.2) is 11.8 Å². The fourth-order valence-corrected chi connectivity index (χ4v) is 5.32. The van der Waals surface area contributed by atoms with Crippen molar-refractivity contribution in [2.45, 2.75) is 101 Å². The van der Waals surface area contributed by atoms with Crippen LogP contribution in [0, 0.1) is 0 Å². The van der Waals surface area contributed by atoms with E-state index in [0.717, 1.165) is 24.0 Å². The number of aliphatic hydroxyl groups excluding tert-OH is 2. The summed E-state index contributed by atoms with van der Waals surface area (Å²) in [6.45, 7) is 2.93. The third kappa shape index (κ3) is 7.21. The fraction of sp³-hybridized carbons (Fsp3) is 0.654. The standard InChI is InChI=1S/C26H35N5O13/c1-10-5-4-6-12(22(37)28-10)29-23(38)14-9-13(33)16(35)25(42-14)44-19(21(27)36)18-17(40-3)20(41-11(2)32)24(43-18)31-8-7-15(34)30-26(31)39/h8-10,12-13,16-20,24-25,33,35H,4-7H2,1-3H3,(H4-,27,28,29,30,34,36,37,38,39)/p+1/t10-,12+,13+,16+,17-,18+,19-,20-,24-,25-/m1/s1. The number of primary amides is 1. The largest absolute Gasteiger partial charge is 0.500 e. The Hall–Kier alpha value is -3.97. The molecule has 0 aliphatic carbocycles. The van der Waals surface area contributed by atoms with Gasteiger partial charge in [-0.1, -0.05) is 0 Å². The van der Waals surface area contributed by atoms with Crippen LogP contribution in [0.1, 0.15) is 39.5 Å². The number of imide groups is 1. The first-order valence-electron chi connectivity index (χ1n) is 13.9. The number of hydrogen-bond acceptors (Lipinski definition) is 13. The molecular formula is C26H36N5O13+. The van der Waals surface area contributed by atoms with Crippen LogP contribution >= 0.6 is 0 Å². The van der Waals surface area contributed by atoms with Crippen molar-refractivity contribution in [3.05, 3.63) is 11.8 Å². The number of nitrogens with two attached hydrogens (primary N) is 1. The van der Waals surface area contributed by atoms with Gasteiger partial charge in [0.15, 0.2) is 18.0 Å². The molecule has 0 aromatic heterocycles. The molecule has 10 atom stereocenters. The van der Waals surface area contributed by atoms with Crippen LogP contribution < -0.4 is 21.7 Å². The molecule has 18 nitrogen and oxygen atoms in total. The number of rotatable bonds is 9. The molecule has 0 saturated carbocycles. The second kappa shape index (κ2) is 13.8. The zero-order valence-corrected chi connectivity index (χ0v) is 24.2. The van der Waals surface area contributed by atoms with Gasteiger partial charge in [-0.2, -0.15) is 14.7 Å². The number of carbonyl (C=O) groups is 6. The Kier molecular flexibility index (Phi) is 10.3. The summed E-state index contributed by atoms with van der Waals surface area (Å²) in [6, 6.07) is -1.86. The number of ether oxygens (including phenoxy) is 5. The van der Waals surface area contributed by atoms with Crippen molar-refractivity contribution in [2.24, 2.45) is 5.73 Å². The Labute approximate surface area is 250 Å². The quantitative estimate of drug-likeness (QED) is 0.107. The number of urea groups is 1. The Balaban J connectivity index is 1.55. The first kappa shape index (κ1) is 32.9. The first-order valence-corrected chi connectivity index (χ1v) is 13.9. The third-order valence-electron chi connectivity index (χ3n) is 7.45. The molecule has 2 saturated heterocycles. The van der Waals surface area contributed by atoms with E-state index in [1.807, 2.05) is 6.92 Å². The van der Waals surface area contributed by atoms with E-state index in [4.69, 9.17) is 29.4 Å². The molecule has 0 bridgehead atoms. The van der Waals surface area contributed by atoms with Gasteiger partial charge in [0.2, 0.25) is 24.3 Å². The average Bonchev–Trinajstić information content (AvgIpc) is 3.20. The molecule has 4 rings (SSSR count). The highest BCUT2D eigenvalue weighted by atomic mass is 16.7. The van der Waals surface area contributed by atoms with Crippen LogP contribution in [0.3, 0.4) is 0 Å². The van der Waals surface area contributed by atoms with E-state index >= 15 is 0 Å². The van der Waals surface area contributed by atoms with Crippen molar-refractivity contribution < 1.29 is 67.2 Å². The van der Waals surface area contributed by atoms with Crippen LogP contribution in [0.5, 0.6) is 0 Å². The minimum Gasteiger partial charge on any atom is -0.456 e. The number of carbonyl (C=O) groups excluding carboxylic acids is 6. The molecule has 242 valence electrons. The summed E-state index contributed by atoms with van der Waals surface area (Å²) < 4.78 is 28.9. The van der Waals surface area contributed by atoms with Gasteiger partial charge in [-0.25, -0.2) is 4.79 Å². The summed E-state index contributed by atoms with van der Waals surface area (Å²) in [5.74, 6) is -4.34. The summed E-state index contributed by atoms with van der Waals surface area (Å²) in [5.41, 5.74) is 5.62. The molecule has 6 amide bonds. The maximum Gasteiger partial charge on any atom is 0.500 e. The molecule has 0 radical (unpaired) electrons. The fourth-order valence-electron chi connectivity index (χ4n) is 5.32. The molecule has 0 aromatic rings. The smallest absolute Gasteiger partial charge is 0.456 e. The predicted molar refractivity (Wildman–Crippen MR) is 142 cm³/mol. The monoisotopic (exact) mass is 626 g/mol. The molecule has 0 unspecified atom stereocenters. The van der Waals surface area contributed by atoms with Crippen LogP contribution in [-0.2, 0) is 47.7 Å². The molecule has 7 N–H and O–H groups in total. The molecule has 4 aliphatic rings. The molecule has 0 aromatic carbocycles. The third-order valence-corrected chi connectivity index (χ3v) is 7.45. The van der Waals surface area contributed by atoms with Crippen LogP contribution in [0.4, 0.5) is 4.79 Å². The maximum atomic E-state index is 13.0. The number of nitrogens with zero attached hydrogens (tertiary/aromatic N) is 1. The minimum absolute atomic E-state index is 0.0755. The van der Waals surface area contributed by atoms with Gasteiger partial charge < -0.3 is 50.3 Å². The normalized spacial score (nSPS) is 34.8. The van der Waals surface area contributed by atoms with E-state index in [9.17, 15) is 39.0 Å². The Morgan fingerprint density at radius 2 is 1.91 bits per heavy atom. The van der Waals surface area contributed by atoms with Crippen LogP contribution in [0.2, 0.25) is 0 Å². The summed E-state index contributed by atoms with van der Waals surface area (Å²) in [5, 5.41) is 28.5. The maximum absolute atomic E-state index is 13.0. The lowest BCUT2D eigenvalue weighted by Crippen LogP contribution is -2.54. The summed E-state index contributed by atoms with van der Waals surface area (Å²) in [6.07, 6.45) is -9.16. The molecule has 0 spiro atoms. The Morgan fingerprint density at radius 1 is 1.18 bits per heavy atom. The molecular weight excluding hydrogens is 590 g/mol. The molecule has 18 heteroatoms. The number of hydrogen-bond donors (Lipinski definition) is 6. The predicted octanol–water partition coefficient (Wildman–Crippen LogP) is -3.61. The van der Waals surface area contributed by atoms with E-state index in [2.05, 4.69) is 16.0 Å². The van der Waals surface area contributed by atoms with Gasteiger partial charge in [-0.15, -0.1) is 0 Å². The first-order chi connectivity index (χ1) is 20.8. The van der Waals surface area contributed by atoms with Crippen molar-refractivity contribution in [2.75, 3.05) is 7.11 Å². The molecule has 2 fully saturated rings. The van der Waals surface area contributed by atoms with E-state index in [1.165, 1.54) is 13.3 Å². The van der Waals surface area contributed by atoms with Gasteiger partial charge in [-0.05, 0) is 32.3 Å². The van der Waals surface area contributed by atoms with Gasteiger partial charge >= 0.3 is 17.9 Å². The summed E-state index contributed by atoms with van der Waals surface area (Å²) in [4.78, 5) is 74.3. The van der Waals surface area contributed by atoms with Crippen LogP contribution in [0.25, 0.3) is 0 Å².